The van der Waals surface area contributed by atoms with Gasteiger partial charge in [0.15, 0.2) is 0 Å². The minimum atomic E-state index is -4.64. The molecule has 0 atom stereocenters. The predicted molar refractivity (Wildman–Crippen MR) is 67.2 cm³/mol. The lowest BCUT2D eigenvalue weighted by atomic mass is 10.2. The van der Waals surface area contributed by atoms with Crippen LogP contribution in [0.1, 0.15) is 0 Å². The van der Waals surface area contributed by atoms with Crippen molar-refractivity contribution in [1.82, 2.24) is 3.59 Å². The number of phosphoric acid groups is 1. The van der Waals surface area contributed by atoms with Crippen molar-refractivity contribution < 1.29 is 24.4 Å². The fourth-order valence-electron chi connectivity index (χ4n) is 1.19. The maximum Gasteiger partial charge on any atom is 0.466 e. The summed E-state index contributed by atoms with van der Waals surface area (Å²) in [7, 11) is -4.64. The monoisotopic (exact) mass is 343 g/mol. The van der Waals surface area contributed by atoms with Crippen molar-refractivity contribution in [3.8, 4) is 5.75 Å². The molecule has 1 aromatic heterocycles. The van der Waals surface area contributed by atoms with Gasteiger partial charge in [-0.15, -0.1) is 0 Å². The minimum absolute atomic E-state index is 0.187. The van der Waals surface area contributed by atoms with E-state index in [1.807, 2.05) is 12.1 Å². The van der Waals surface area contributed by atoms with Crippen LogP contribution in [0.15, 0.2) is 24.4 Å². The van der Waals surface area contributed by atoms with Crippen LogP contribution < -0.4 is 0 Å². The number of aromatic nitrogens is 1. The van der Waals surface area contributed by atoms with Crippen molar-refractivity contribution >= 4 is 46.5 Å². The van der Waals surface area contributed by atoms with Gasteiger partial charge in [-0.2, -0.15) is 0 Å². The zero-order valence-electron chi connectivity index (χ0n) is 8.16. The van der Waals surface area contributed by atoms with E-state index in [1.54, 1.807) is 15.9 Å². The molecule has 6 nitrogen and oxygen atoms in total. The highest BCUT2D eigenvalue weighted by Gasteiger charge is 2.08. The summed E-state index contributed by atoms with van der Waals surface area (Å²) in [6.45, 7) is 0. The topological polar surface area (TPSA) is 103 Å². The van der Waals surface area contributed by atoms with Crippen LogP contribution in [0.4, 0.5) is 0 Å². The quantitative estimate of drug-likeness (QED) is 0.549. The summed E-state index contributed by atoms with van der Waals surface area (Å²) >= 11 is 9.13. The van der Waals surface area contributed by atoms with Crippen LogP contribution in [0.5, 0.6) is 5.75 Å². The molecule has 0 fully saturated rings. The number of hydrogen-bond donors (Lipinski definition) is 4. The Labute approximate surface area is 110 Å². The van der Waals surface area contributed by atoms with Gasteiger partial charge < -0.3 is 19.8 Å². The summed E-state index contributed by atoms with van der Waals surface area (Å²) in [5, 5.41) is 10.7. The third-order valence-corrected chi connectivity index (χ3v) is 2.62. The van der Waals surface area contributed by atoms with Gasteiger partial charge in [0.2, 0.25) is 0 Å². The molecule has 0 aliphatic carbocycles. The van der Waals surface area contributed by atoms with Gasteiger partial charge in [-0.05, 0) is 12.1 Å². The summed E-state index contributed by atoms with van der Waals surface area (Å²) in [6, 6.07) is 5.45. The van der Waals surface area contributed by atoms with Crippen molar-refractivity contribution in [2.45, 2.75) is 0 Å². The lowest BCUT2D eigenvalue weighted by Crippen LogP contribution is -1.73. The molecule has 0 spiro atoms. The number of hydrogen-bond acceptors (Lipinski definition) is 2. The molecule has 94 valence electrons. The number of nitrogens with zero attached hydrogens (tertiary/aromatic N) is 1. The van der Waals surface area contributed by atoms with Crippen molar-refractivity contribution in [2.75, 3.05) is 0 Å². The van der Waals surface area contributed by atoms with Crippen LogP contribution in [0, 0.1) is 0 Å². The zero-order chi connectivity index (χ0) is 13.2. The van der Waals surface area contributed by atoms with Gasteiger partial charge in [-0.1, -0.05) is 17.7 Å². The van der Waals surface area contributed by atoms with E-state index in [4.69, 9.17) is 30.8 Å². The zero-order valence-corrected chi connectivity index (χ0v) is 11.4. The Hall–Kier alpha value is -0.560. The number of fused-ring (bicyclic) bond motifs is 1. The molecular formula is C8H8BrClNO5P. The summed E-state index contributed by atoms with van der Waals surface area (Å²) < 4.78 is 10.5. The Bertz CT molecular complexity index is 572. The molecule has 1 aromatic carbocycles. The van der Waals surface area contributed by atoms with E-state index in [1.165, 1.54) is 0 Å². The van der Waals surface area contributed by atoms with Gasteiger partial charge in [0.1, 0.15) is 5.75 Å². The maximum atomic E-state index is 9.44. The van der Waals surface area contributed by atoms with Crippen LogP contribution in [0.3, 0.4) is 0 Å². The normalized spacial score (nSPS) is 11.1. The Morgan fingerprint density at radius 2 is 1.82 bits per heavy atom. The first-order chi connectivity index (χ1) is 7.70. The van der Waals surface area contributed by atoms with E-state index in [2.05, 4.69) is 16.1 Å². The molecular weight excluding hydrogens is 336 g/mol. The van der Waals surface area contributed by atoms with E-state index >= 15 is 0 Å². The van der Waals surface area contributed by atoms with Gasteiger partial charge >= 0.3 is 7.82 Å². The molecule has 9 heteroatoms. The second-order valence-electron chi connectivity index (χ2n) is 2.97. The number of aromatic hydroxyl groups is 1. The number of rotatable bonds is 0. The Kier molecular flexibility index (Phi) is 4.60. The molecule has 2 aromatic rings. The van der Waals surface area contributed by atoms with Crippen LogP contribution in [0.2, 0.25) is 5.02 Å². The van der Waals surface area contributed by atoms with Crippen LogP contribution >= 0.6 is 35.6 Å². The summed E-state index contributed by atoms with van der Waals surface area (Å²) in [4.78, 5) is 21.6. The second kappa shape index (κ2) is 5.39. The van der Waals surface area contributed by atoms with E-state index in [0.29, 0.717) is 10.4 Å². The largest absolute Gasteiger partial charge is 0.506 e. The molecule has 0 amide bonds. The molecule has 0 radical (unpaired) electrons. The second-order valence-corrected chi connectivity index (χ2v) is 5.17. The van der Waals surface area contributed by atoms with Crippen LogP contribution in [-0.2, 0) is 4.57 Å². The van der Waals surface area contributed by atoms with Crippen molar-refractivity contribution in [3.63, 3.8) is 0 Å². The Morgan fingerprint density at radius 3 is 2.29 bits per heavy atom. The van der Waals surface area contributed by atoms with Crippen LogP contribution in [-0.4, -0.2) is 23.4 Å². The first-order valence-electron chi connectivity index (χ1n) is 4.13. The average molecular weight is 344 g/mol. The molecule has 0 bridgehead atoms. The van der Waals surface area contributed by atoms with Gasteiger partial charge in [0, 0.05) is 0 Å². The Morgan fingerprint density at radius 1 is 1.29 bits per heavy atom. The van der Waals surface area contributed by atoms with Gasteiger partial charge in [0.25, 0.3) is 0 Å². The lowest BCUT2D eigenvalue weighted by Gasteiger charge is -1.94. The van der Waals surface area contributed by atoms with Gasteiger partial charge in [-0.3, -0.25) is 3.59 Å². The average Bonchev–Trinajstić information content (AvgIpc) is 2.41. The molecule has 0 saturated heterocycles. The summed E-state index contributed by atoms with van der Waals surface area (Å²) in [6.07, 6.45) is 1.57. The third kappa shape index (κ3) is 4.31. The molecule has 17 heavy (non-hydrogen) atoms. The minimum Gasteiger partial charge on any atom is -0.506 e. The molecule has 0 unspecified atom stereocenters. The molecule has 2 rings (SSSR count). The fourth-order valence-corrected chi connectivity index (χ4v) is 1.94. The molecule has 0 saturated carbocycles. The number of benzene rings is 1. The highest BCUT2D eigenvalue weighted by molar-refractivity contribution is 9.08. The first-order valence-corrected chi connectivity index (χ1v) is 6.78. The first kappa shape index (κ1) is 14.5. The summed E-state index contributed by atoms with van der Waals surface area (Å²) in [5.41, 5.74) is 0.861. The Balaban J connectivity index is 0.000000249. The molecule has 0 aliphatic heterocycles. The van der Waals surface area contributed by atoms with Crippen LogP contribution in [0.25, 0.3) is 10.9 Å². The summed E-state index contributed by atoms with van der Waals surface area (Å²) in [5.74, 6) is 0.187. The lowest BCUT2D eigenvalue weighted by molar-refractivity contribution is 0.275. The molecule has 1 heterocycles. The predicted octanol–water partition coefficient (Wildman–Crippen LogP) is 2.23. The van der Waals surface area contributed by atoms with Crippen molar-refractivity contribution in [2.24, 2.45) is 0 Å². The van der Waals surface area contributed by atoms with Crippen molar-refractivity contribution in [1.29, 1.82) is 0 Å². The molecule has 4 N–H and O–H groups in total. The van der Waals surface area contributed by atoms with E-state index in [0.717, 1.165) is 5.52 Å². The standard InChI is InChI=1S/C8H5BrClNO.H3O4P/c9-11-4-7(12)8-5(10)2-1-3-6(8)11;1-5(2,3)4/h1-4,12H;(H3,1,2,3,4). The van der Waals surface area contributed by atoms with Gasteiger partial charge in [-0.25, -0.2) is 4.57 Å². The fraction of sp³-hybridized carbons (Fsp3) is 0. The highest BCUT2D eigenvalue weighted by Crippen LogP contribution is 2.33. The van der Waals surface area contributed by atoms with E-state index < -0.39 is 7.82 Å². The van der Waals surface area contributed by atoms with Crippen molar-refractivity contribution in [3.05, 3.63) is 29.4 Å². The maximum absolute atomic E-state index is 9.44. The van der Waals surface area contributed by atoms with E-state index in [-0.39, 0.29) is 5.75 Å². The smallest absolute Gasteiger partial charge is 0.466 e. The van der Waals surface area contributed by atoms with E-state index in [9.17, 15) is 5.11 Å². The third-order valence-electron chi connectivity index (χ3n) is 1.71. The number of halogens is 2. The highest BCUT2D eigenvalue weighted by atomic mass is 79.9. The van der Waals surface area contributed by atoms with Gasteiger partial charge in [0.05, 0.1) is 38.3 Å². The SMILES string of the molecule is O=P(O)(O)O.Oc1cn(Br)c2cccc(Cl)c12. The molecule has 0 aliphatic rings.